The molecular formula is C16H22N2O3. The van der Waals surface area contributed by atoms with E-state index in [9.17, 15) is 9.59 Å². The summed E-state index contributed by atoms with van der Waals surface area (Å²) in [5.74, 6) is 0.200. The normalized spacial score (nSPS) is 21.0. The van der Waals surface area contributed by atoms with Crippen molar-refractivity contribution in [2.45, 2.75) is 26.2 Å². The smallest absolute Gasteiger partial charge is 0.323 e. The number of hydrogen-bond donors (Lipinski definition) is 2. The number of hydrogen-bond acceptors (Lipinski definition) is 2. The van der Waals surface area contributed by atoms with Crippen molar-refractivity contribution in [1.82, 2.24) is 5.32 Å². The summed E-state index contributed by atoms with van der Waals surface area (Å²) in [7, 11) is 0. The molecule has 2 unspecified atom stereocenters. The molecule has 0 saturated heterocycles. The highest BCUT2D eigenvalue weighted by atomic mass is 16.4. The molecule has 1 aliphatic carbocycles. The molecule has 0 aliphatic heterocycles. The van der Waals surface area contributed by atoms with Gasteiger partial charge in [-0.1, -0.05) is 31.5 Å². The van der Waals surface area contributed by atoms with Crippen LogP contribution in [0.1, 0.15) is 26.2 Å². The molecule has 2 N–H and O–H groups in total. The average Bonchev–Trinajstić information content (AvgIpc) is 2.88. The fourth-order valence-electron chi connectivity index (χ4n) is 2.86. The van der Waals surface area contributed by atoms with Crippen LogP contribution in [0.15, 0.2) is 30.3 Å². The second kappa shape index (κ2) is 7.11. The van der Waals surface area contributed by atoms with E-state index in [-0.39, 0.29) is 12.6 Å². The van der Waals surface area contributed by atoms with Crippen LogP contribution in [-0.4, -0.2) is 30.2 Å². The minimum absolute atomic E-state index is 0.336. The lowest BCUT2D eigenvalue weighted by Crippen LogP contribution is -2.44. The molecule has 0 heterocycles. The van der Waals surface area contributed by atoms with Gasteiger partial charge < -0.3 is 10.4 Å². The molecular weight excluding hydrogens is 268 g/mol. The lowest BCUT2D eigenvalue weighted by molar-refractivity contribution is -0.135. The van der Waals surface area contributed by atoms with E-state index in [4.69, 9.17) is 5.11 Å². The Morgan fingerprint density at radius 3 is 2.57 bits per heavy atom. The molecule has 21 heavy (non-hydrogen) atoms. The summed E-state index contributed by atoms with van der Waals surface area (Å²) < 4.78 is 0. The number of anilines is 1. The van der Waals surface area contributed by atoms with E-state index in [1.807, 2.05) is 6.07 Å². The van der Waals surface area contributed by atoms with Crippen LogP contribution in [0, 0.1) is 11.8 Å². The minimum atomic E-state index is -1.02. The second-order valence-electron chi connectivity index (χ2n) is 5.79. The van der Waals surface area contributed by atoms with Crippen LogP contribution < -0.4 is 10.2 Å². The number of carboxylic acid groups (broad SMARTS) is 1. The molecule has 1 aromatic rings. The van der Waals surface area contributed by atoms with E-state index in [2.05, 4.69) is 12.2 Å². The summed E-state index contributed by atoms with van der Waals surface area (Å²) >= 11 is 0. The average molecular weight is 290 g/mol. The topological polar surface area (TPSA) is 69.6 Å². The largest absolute Gasteiger partial charge is 0.480 e. The zero-order chi connectivity index (χ0) is 15.2. The summed E-state index contributed by atoms with van der Waals surface area (Å²) in [6, 6.07) is 8.54. The first-order valence-electron chi connectivity index (χ1n) is 7.38. The first kappa shape index (κ1) is 15.4. The summed E-state index contributed by atoms with van der Waals surface area (Å²) in [6.07, 6.45) is 3.47. The van der Waals surface area contributed by atoms with Gasteiger partial charge in [-0.15, -0.1) is 0 Å². The molecule has 1 aliphatic rings. The Morgan fingerprint density at radius 1 is 1.29 bits per heavy atom. The molecule has 1 saturated carbocycles. The lowest BCUT2D eigenvalue weighted by Gasteiger charge is -2.22. The standard InChI is InChI=1S/C16H22N2O3/c1-12-7-8-13(9-12)10-17-16(21)18(11-15(19)20)14-5-3-2-4-6-14/h2-6,12-13H,7-11H2,1H3,(H,17,21)(H,19,20). The van der Waals surface area contributed by atoms with Crippen LogP contribution in [0.4, 0.5) is 10.5 Å². The molecule has 0 radical (unpaired) electrons. The number of nitrogens with zero attached hydrogens (tertiary/aromatic N) is 1. The van der Waals surface area contributed by atoms with Crippen LogP contribution in [0.3, 0.4) is 0 Å². The van der Waals surface area contributed by atoms with E-state index < -0.39 is 5.97 Å². The maximum absolute atomic E-state index is 12.3. The maximum atomic E-state index is 12.3. The summed E-state index contributed by atoms with van der Waals surface area (Å²) in [5, 5.41) is 11.9. The zero-order valence-corrected chi connectivity index (χ0v) is 12.3. The molecule has 5 nitrogen and oxygen atoms in total. The van der Waals surface area contributed by atoms with E-state index in [0.717, 1.165) is 18.8 Å². The van der Waals surface area contributed by atoms with Gasteiger partial charge in [-0.2, -0.15) is 0 Å². The molecule has 1 fully saturated rings. The number of amides is 2. The molecule has 2 rings (SSSR count). The van der Waals surface area contributed by atoms with Gasteiger partial charge in [0.25, 0.3) is 0 Å². The van der Waals surface area contributed by atoms with Crippen molar-refractivity contribution in [2.75, 3.05) is 18.0 Å². The van der Waals surface area contributed by atoms with Crippen LogP contribution in [-0.2, 0) is 4.79 Å². The highest BCUT2D eigenvalue weighted by Crippen LogP contribution is 2.29. The monoisotopic (exact) mass is 290 g/mol. The van der Waals surface area contributed by atoms with Crippen molar-refractivity contribution in [3.8, 4) is 0 Å². The third kappa shape index (κ3) is 4.48. The number of nitrogens with one attached hydrogen (secondary N) is 1. The van der Waals surface area contributed by atoms with Gasteiger partial charge in [0.05, 0.1) is 0 Å². The number of urea groups is 1. The van der Waals surface area contributed by atoms with Crippen molar-refractivity contribution >= 4 is 17.7 Å². The van der Waals surface area contributed by atoms with Crippen molar-refractivity contribution in [3.05, 3.63) is 30.3 Å². The summed E-state index contributed by atoms with van der Waals surface area (Å²) in [5.41, 5.74) is 0.595. The number of aliphatic carboxylic acids is 1. The first-order valence-corrected chi connectivity index (χ1v) is 7.38. The van der Waals surface area contributed by atoms with Crippen LogP contribution in [0.5, 0.6) is 0 Å². The van der Waals surface area contributed by atoms with E-state index in [1.165, 1.54) is 11.3 Å². The molecule has 5 heteroatoms. The molecule has 114 valence electrons. The Hall–Kier alpha value is -2.04. The van der Waals surface area contributed by atoms with E-state index >= 15 is 0 Å². The number of para-hydroxylation sites is 1. The molecule has 1 aromatic carbocycles. The third-order valence-corrected chi connectivity index (χ3v) is 3.95. The van der Waals surface area contributed by atoms with Gasteiger partial charge in [0.15, 0.2) is 0 Å². The fourth-order valence-corrected chi connectivity index (χ4v) is 2.86. The quantitative estimate of drug-likeness (QED) is 0.876. The molecule has 0 spiro atoms. The Bertz CT molecular complexity index is 490. The number of benzene rings is 1. The van der Waals surface area contributed by atoms with Gasteiger partial charge in [-0.25, -0.2) is 4.79 Å². The number of rotatable bonds is 5. The Kier molecular flexibility index (Phi) is 5.20. The number of carbonyl (C=O) groups excluding carboxylic acids is 1. The van der Waals surface area contributed by atoms with Crippen LogP contribution in [0.2, 0.25) is 0 Å². The Labute approximate surface area is 125 Å². The fraction of sp³-hybridized carbons (Fsp3) is 0.500. The van der Waals surface area contributed by atoms with Crippen molar-refractivity contribution in [1.29, 1.82) is 0 Å². The third-order valence-electron chi connectivity index (χ3n) is 3.95. The summed E-state index contributed by atoms with van der Waals surface area (Å²) in [4.78, 5) is 24.5. The first-order chi connectivity index (χ1) is 10.1. The van der Waals surface area contributed by atoms with Gasteiger partial charge in [0.1, 0.15) is 6.54 Å². The highest BCUT2D eigenvalue weighted by molar-refractivity contribution is 5.96. The zero-order valence-electron chi connectivity index (χ0n) is 12.3. The summed E-state index contributed by atoms with van der Waals surface area (Å²) in [6.45, 7) is 2.51. The van der Waals surface area contributed by atoms with Gasteiger partial charge in [-0.3, -0.25) is 9.69 Å². The van der Waals surface area contributed by atoms with E-state index in [0.29, 0.717) is 18.2 Å². The predicted molar refractivity (Wildman–Crippen MR) is 81.3 cm³/mol. The van der Waals surface area contributed by atoms with Crippen LogP contribution in [0.25, 0.3) is 0 Å². The van der Waals surface area contributed by atoms with Crippen molar-refractivity contribution < 1.29 is 14.7 Å². The Balaban J connectivity index is 1.96. The second-order valence-corrected chi connectivity index (χ2v) is 5.79. The lowest BCUT2D eigenvalue weighted by atomic mass is 10.1. The maximum Gasteiger partial charge on any atom is 0.323 e. The van der Waals surface area contributed by atoms with Gasteiger partial charge in [0, 0.05) is 12.2 Å². The molecule has 0 bridgehead atoms. The molecule has 2 atom stereocenters. The van der Waals surface area contributed by atoms with E-state index in [1.54, 1.807) is 24.3 Å². The van der Waals surface area contributed by atoms with Gasteiger partial charge in [-0.05, 0) is 36.8 Å². The highest BCUT2D eigenvalue weighted by Gasteiger charge is 2.23. The molecule has 2 amide bonds. The minimum Gasteiger partial charge on any atom is -0.480 e. The van der Waals surface area contributed by atoms with Crippen molar-refractivity contribution in [2.24, 2.45) is 11.8 Å². The Morgan fingerprint density at radius 2 is 2.00 bits per heavy atom. The molecule has 0 aromatic heterocycles. The van der Waals surface area contributed by atoms with Gasteiger partial charge >= 0.3 is 12.0 Å². The van der Waals surface area contributed by atoms with Crippen molar-refractivity contribution in [3.63, 3.8) is 0 Å². The number of carbonyl (C=O) groups is 2. The SMILES string of the molecule is CC1CCC(CNC(=O)N(CC(=O)O)c2ccccc2)C1. The van der Waals surface area contributed by atoms with Crippen LogP contribution >= 0.6 is 0 Å². The predicted octanol–water partition coefficient (Wildman–Crippen LogP) is 2.72. The number of carboxylic acids is 1. The van der Waals surface area contributed by atoms with Gasteiger partial charge in [0.2, 0.25) is 0 Å².